The van der Waals surface area contributed by atoms with Gasteiger partial charge in [0.15, 0.2) is 5.90 Å². The topological polar surface area (TPSA) is 47.6 Å². The monoisotopic (exact) mass is 252 g/mol. The van der Waals surface area contributed by atoms with Crippen LogP contribution in [0.2, 0.25) is 5.02 Å². The lowest BCUT2D eigenvalue weighted by atomic mass is 10.1. The molecule has 1 aromatic rings. The molecule has 1 unspecified atom stereocenters. The van der Waals surface area contributed by atoms with Crippen LogP contribution in [0.1, 0.15) is 18.4 Å². The van der Waals surface area contributed by atoms with Crippen LogP contribution in [0.5, 0.6) is 0 Å². The van der Waals surface area contributed by atoms with E-state index in [0.717, 1.165) is 36.7 Å². The normalized spacial score (nSPS) is 18.9. The van der Waals surface area contributed by atoms with Crippen LogP contribution >= 0.6 is 11.6 Å². The number of aliphatic imine (C=N–C) groups is 1. The summed E-state index contributed by atoms with van der Waals surface area (Å²) in [4.78, 5) is 4.55. The third kappa shape index (κ3) is 3.72. The molecule has 1 atom stereocenters. The van der Waals surface area contributed by atoms with Crippen molar-refractivity contribution in [1.82, 2.24) is 0 Å². The molecule has 1 aliphatic heterocycles. The summed E-state index contributed by atoms with van der Waals surface area (Å²) in [5.74, 6) is 0.828. The SMILES string of the molecule is NCCCC1COC(Cc2ccc(Cl)cc2)=N1. The summed E-state index contributed by atoms with van der Waals surface area (Å²) in [5, 5.41) is 0.754. The zero-order valence-corrected chi connectivity index (χ0v) is 10.5. The number of benzene rings is 1. The van der Waals surface area contributed by atoms with Crippen LogP contribution in [0.25, 0.3) is 0 Å². The minimum absolute atomic E-state index is 0.292. The zero-order chi connectivity index (χ0) is 12.1. The maximum absolute atomic E-state index is 5.84. The number of rotatable bonds is 5. The van der Waals surface area contributed by atoms with Gasteiger partial charge in [0.1, 0.15) is 6.61 Å². The van der Waals surface area contributed by atoms with Crippen molar-refractivity contribution in [3.05, 3.63) is 34.9 Å². The van der Waals surface area contributed by atoms with E-state index in [4.69, 9.17) is 22.1 Å². The summed E-state index contributed by atoms with van der Waals surface area (Å²) in [6, 6.07) is 8.07. The van der Waals surface area contributed by atoms with Crippen molar-refractivity contribution in [3.63, 3.8) is 0 Å². The average molecular weight is 253 g/mol. The highest BCUT2D eigenvalue weighted by Crippen LogP contribution is 2.15. The van der Waals surface area contributed by atoms with Gasteiger partial charge in [-0.3, -0.25) is 0 Å². The first-order valence-corrected chi connectivity index (χ1v) is 6.29. The molecule has 2 N–H and O–H groups in total. The van der Waals surface area contributed by atoms with E-state index in [1.54, 1.807) is 0 Å². The van der Waals surface area contributed by atoms with Crippen LogP contribution in [-0.2, 0) is 11.2 Å². The van der Waals surface area contributed by atoms with E-state index in [2.05, 4.69) is 4.99 Å². The minimum Gasteiger partial charge on any atom is -0.478 e. The maximum Gasteiger partial charge on any atom is 0.188 e. The summed E-state index contributed by atoms with van der Waals surface area (Å²) in [6.07, 6.45) is 2.77. The van der Waals surface area contributed by atoms with Crippen LogP contribution in [0.3, 0.4) is 0 Å². The summed E-state index contributed by atoms with van der Waals surface area (Å²) in [5.41, 5.74) is 6.65. The first-order chi connectivity index (χ1) is 8.28. The van der Waals surface area contributed by atoms with Crippen molar-refractivity contribution in [3.8, 4) is 0 Å². The molecule has 0 fully saturated rings. The van der Waals surface area contributed by atoms with Crippen molar-refractivity contribution in [2.75, 3.05) is 13.2 Å². The Labute approximate surface area is 107 Å². The fraction of sp³-hybridized carbons (Fsp3) is 0.462. The summed E-state index contributed by atoms with van der Waals surface area (Å²) >= 11 is 5.84. The number of nitrogens with two attached hydrogens (primary N) is 1. The number of hydrogen-bond acceptors (Lipinski definition) is 3. The molecule has 92 valence electrons. The minimum atomic E-state index is 0.292. The van der Waals surface area contributed by atoms with Crippen LogP contribution in [0.15, 0.2) is 29.3 Å². The van der Waals surface area contributed by atoms with Gasteiger partial charge in [0.25, 0.3) is 0 Å². The molecule has 1 aliphatic rings. The second-order valence-electron chi connectivity index (χ2n) is 4.22. The number of ether oxygens (including phenoxy) is 1. The van der Waals surface area contributed by atoms with E-state index < -0.39 is 0 Å². The van der Waals surface area contributed by atoms with Gasteiger partial charge in [0, 0.05) is 11.4 Å². The van der Waals surface area contributed by atoms with E-state index in [-0.39, 0.29) is 0 Å². The fourth-order valence-electron chi connectivity index (χ4n) is 1.85. The molecule has 0 saturated heterocycles. The van der Waals surface area contributed by atoms with E-state index in [9.17, 15) is 0 Å². The predicted octanol–water partition coefficient (Wildman–Crippen LogP) is 2.42. The van der Waals surface area contributed by atoms with Crippen molar-refractivity contribution in [2.45, 2.75) is 25.3 Å². The van der Waals surface area contributed by atoms with Gasteiger partial charge in [0.05, 0.1) is 6.04 Å². The molecule has 17 heavy (non-hydrogen) atoms. The predicted molar refractivity (Wildman–Crippen MR) is 70.6 cm³/mol. The Morgan fingerprint density at radius 1 is 1.35 bits per heavy atom. The fourth-order valence-corrected chi connectivity index (χ4v) is 1.97. The lowest BCUT2D eigenvalue weighted by Gasteiger charge is -2.02. The highest BCUT2D eigenvalue weighted by atomic mass is 35.5. The first kappa shape index (κ1) is 12.4. The first-order valence-electron chi connectivity index (χ1n) is 5.92. The quantitative estimate of drug-likeness (QED) is 0.875. The molecule has 0 radical (unpaired) electrons. The standard InChI is InChI=1S/C13H17ClN2O/c14-11-5-3-10(4-6-11)8-13-16-12(9-17-13)2-1-7-15/h3-6,12H,1-2,7-9,15H2. The molecule has 1 aromatic carbocycles. The van der Waals surface area contributed by atoms with E-state index in [1.807, 2.05) is 24.3 Å². The lowest BCUT2D eigenvalue weighted by Crippen LogP contribution is -2.09. The number of nitrogens with zero attached hydrogens (tertiary/aromatic N) is 1. The van der Waals surface area contributed by atoms with Gasteiger partial charge < -0.3 is 10.5 Å². The van der Waals surface area contributed by atoms with Gasteiger partial charge in [-0.2, -0.15) is 0 Å². The van der Waals surface area contributed by atoms with E-state index in [0.29, 0.717) is 12.6 Å². The Kier molecular flexibility index (Phi) is 4.40. The van der Waals surface area contributed by atoms with Gasteiger partial charge in [-0.05, 0) is 37.1 Å². The third-order valence-corrected chi connectivity index (χ3v) is 3.03. The highest BCUT2D eigenvalue weighted by Gasteiger charge is 2.18. The molecule has 4 heteroatoms. The largest absolute Gasteiger partial charge is 0.478 e. The molecule has 3 nitrogen and oxygen atoms in total. The lowest BCUT2D eigenvalue weighted by molar-refractivity contribution is 0.305. The van der Waals surface area contributed by atoms with Gasteiger partial charge >= 0.3 is 0 Å². The van der Waals surface area contributed by atoms with Crippen molar-refractivity contribution in [1.29, 1.82) is 0 Å². The third-order valence-electron chi connectivity index (χ3n) is 2.78. The molecule has 0 aromatic heterocycles. The molecule has 0 bridgehead atoms. The summed E-state index contributed by atoms with van der Waals surface area (Å²) in [6.45, 7) is 1.42. The Bertz CT molecular complexity index is 389. The van der Waals surface area contributed by atoms with E-state index in [1.165, 1.54) is 5.56 Å². The molecular formula is C13H17ClN2O. The second-order valence-corrected chi connectivity index (χ2v) is 4.66. The summed E-state index contributed by atoms with van der Waals surface area (Å²) < 4.78 is 5.57. The maximum atomic E-state index is 5.84. The Morgan fingerprint density at radius 2 is 2.12 bits per heavy atom. The molecular weight excluding hydrogens is 236 g/mol. The Morgan fingerprint density at radius 3 is 2.82 bits per heavy atom. The number of hydrogen-bond donors (Lipinski definition) is 1. The molecule has 2 rings (SSSR count). The van der Waals surface area contributed by atoms with E-state index >= 15 is 0 Å². The molecule has 0 saturated carbocycles. The average Bonchev–Trinajstić information content (AvgIpc) is 2.77. The van der Waals surface area contributed by atoms with Crippen LogP contribution < -0.4 is 5.73 Å². The molecule has 0 aliphatic carbocycles. The van der Waals surface area contributed by atoms with Crippen LogP contribution in [-0.4, -0.2) is 25.1 Å². The van der Waals surface area contributed by atoms with Crippen molar-refractivity contribution in [2.24, 2.45) is 10.7 Å². The zero-order valence-electron chi connectivity index (χ0n) is 9.73. The van der Waals surface area contributed by atoms with Gasteiger partial charge in [-0.1, -0.05) is 23.7 Å². The molecule has 1 heterocycles. The van der Waals surface area contributed by atoms with Crippen molar-refractivity contribution >= 4 is 17.5 Å². The van der Waals surface area contributed by atoms with Crippen LogP contribution in [0.4, 0.5) is 0 Å². The Balaban J connectivity index is 1.89. The second kappa shape index (κ2) is 6.03. The van der Waals surface area contributed by atoms with Crippen LogP contribution in [0, 0.1) is 0 Å². The number of halogens is 1. The molecule has 0 spiro atoms. The smallest absolute Gasteiger partial charge is 0.188 e. The van der Waals surface area contributed by atoms with Gasteiger partial charge in [0.2, 0.25) is 0 Å². The van der Waals surface area contributed by atoms with Crippen molar-refractivity contribution < 1.29 is 4.74 Å². The Hall–Kier alpha value is -1.06. The van der Waals surface area contributed by atoms with Gasteiger partial charge in [-0.15, -0.1) is 0 Å². The summed E-state index contributed by atoms with van der Waals surface area (Å²) in [7, 11) is 0. The highest BCUT2D eigenvalue weighted by molar-refractivity contribution is 6.30. The van der Waals surface area contributed by atoms with Gasteiger partial charge in [-0.25, -0.2) is 4.99 Å². The molecule has 0 amide bonds.